The number of aromatic amines is 1. The number of carbonyl (C=O) groups excluding carboxylic acids is 1. The van der Waals surface area contributed by atoms with E-state index >= 15 is 0 Å². The Morgan fingerprint density at radius 1 is 1.41 bits per heavy atom. The quantitative estimate of drug-likeness (QED) is 0.496. The summed E-state index contributed by atoms with van der Waals surface area (Å²) in [6.07, 6.45) is 0.760. The molecule has 8 heteroatoms. The van der Waals surface area contributed by atoms with Gasteiger partial charge in [-0.1, -0.05) is 24.8 Å². The molecule has 1 aromatic carbocycles. The SMILES string of the molecule is CC[C@H](C)n1c(SCC(=O)Nc2cccc(F)c2)nc2cc(C)[nH]c2c1=O. The standard InChI is InChI=1S/C19H21FN4O2S/c1-4-12(3)24-18(26)17-15(8-11(2)21-17)23-19(24)27-10-16(25)22-14-7-5-6-13(20)9-14/h5-9,12,21H,4,10H2,1-3H3,(H,22,25)/t12-/m0/s1. The number of hydrogen-bond donors (Lipinski definition) is 2. The van der Waals surface area contributed by atoms with Crippen LogP contribution in [0.3, 0.4) is 0 Å². The lowest BCUT2D eigenvalue weighted by Crippen LogP contribution is -2.26. The highest BCUT2D eigenvalue weighted by molar-refractivity contribution is 7.99. The molecule has 3 aromatic rings. The number of rotatable bonds is 6. The predicted molar refractivity (Wildman–Crippen MR) is 106 cm³/mol. The molecular weight excluding hydrogens is 367 g/mol. The van der Waals surface area contributed by atoms with Crippen LogP contribution in [0, 0.1) is 12.7 Å². The normalized spacial score (nSPS) is 12.3. The molecule has 0 radical (unpaired) electrons. The van der Waals surface area contributed by atoms with E-state index in [1.165, 1.54) is 30.0 Å². The van der Waals surface area contributed by atoms with Crippen LogP contribution in [-0.2, 0) is 4.79 Å². The lowest BCUT2D eigenvalue weighted by Gasteiger charge is -2.17. The van der Waals surface area contributed by atoms with Crippen LogP contribution in [0.4, 0.5) is 10.1 Å². The van der Waals surface area contributed by atoms with E-state index in [0.717, 1.165) is 12.1 Å². The van der Waals surface area contributed by atoms with Crippen LogP contribution < -0.4 is 10.9 Å². The number of thioether (sulfide) groups is 1. The molecule has 6 nitrogen and oxygen atoms in total. The van der Waals surface area contributed by atoms with E-state index in [1.54, 1.807) is 10.6 Å². The highest BCUT2D eigenvalue weighted by Crippen LogP contribution is 2.23. The molecule has 0 fully saturated rings. The third-order valence-corrected chi connectivity index (χ3v) is 5.21. The van der Waals surface area contributed by atoms with Gasteiger partial charge in [-0.2, -0.15) is 0 Å². The van der Waals surface area contributed by atoms with Crippen molar-refractivity contribution < 1.29 is 9.18 Å². The van der Waals surface area contributed by atoms with E-state index < -0.39 is 5.82 Å². The molecule has 0 unspecified atom stereocenters. The largest absolute Gasteiger partial charge is 0.353 e. The Bertz CT molecular complexity index is 1040. The fourth-order valence-electron chi connectivity index (χ4n) is 2.76. The van der Waals surface area contributed by atoms with E-state index in [2.05, 4.69) is 15.3 Å². The van der Waals surface area contributed by atoms with Gasteiger partial charge in [0.25, 0.3) is 5.56 Å². The monoisotopic (exact) mass is 388 g/mol. The van der Waals surface area contributed by atoms with Crippen LogP contribution in [0.2, 0.25) is 0 Å². The third-order valence-electron chi connectivity index (χ3n) is 4.26. The molecule has 0 bridgehead atoms. The summed E-state index contributed by atoms with van der Waals surface area (Å²) in [5.41, 5.74) is 2.17. The maximum Gasteiger partial charge on any atom is 0.278 e. The second-order valence-electron chi connectivity index (χ2n) is 6.39. The molecule has 2 aromatic heterocycles. The number of aryl methyl sites for hydroxylation is 1. The summed E-state index contributed by atoms with van der Waals surface area (Å²) >= 11 is 1.19. The fourth-order valence-corrected chi connectivity index (χ4v) is 3.65. The second kappa shape index (κ2) is 7.96. The van der Waals surface area contributed by atoms with E-state index in [4.69, 9.17) is 0 Å². The molecule has 1 amide bonds. The van der Waals surface area contributed by atoms with Crippen LogP contribution in [0.1, 0.15) is 32.0 Å². The molecule has 2 heterocycles. The summed E-state index contributed by atoms with van der Waals surface area (Å²) in [6, 6.07) is 7.48. The molecule has 0 spiro atoms. The first-order valence-electron chi connectivity index (χ1n) is 8.69. The topological polar surface area (TPSA) is 79.8 Å². The van der Waals surface area contributed by atoms with Gasteiger partial charge >= 0.3 is 0 Å². The minimum Gasteiger partial charge on any atom is -0.353 e. The highest BCUT2D eigenvalue weighted by Gasteiger charge is 2.18. The molecule has 3 rings (SSSR count). The van der Waals surface area contributed by atoms with Crippen LogP contribution in [-0.4, -0.2) is 26.2 Å². The number of aromatic nitrogens is 3. The van der Waals surface area contributed by atoms with Crippen LogP contribution in [0.25, 0.3) is 11.0 Å². The van der Waals surface area contributed by atoms with Gasteiger partial charge in [-0.3, -0.25) is 14.2 Å². The molecule has 2 N–H and O–H groups in total. The molecular formula is C19H21FN4O2S. The van der Waals surface area contributed by atoms with Crippen molar-refractivity contribution in [3.8, 4) is 0 Å². The molecule has 1 atom stereocenters. The number of H-pyrrole nitrogens is 1. The number of amides is 1. The maximum atomic E-state index is 13.2. The average Bonchev–Trinajstić information content (AvgIpc) is 3.00. The maximum absolute atomic E-state index is 13.2. The van der Waals surface area contributed by atoms with Crippen LogP contribution >= 0.6 is 11.8 Å². The molecule has 0 saturated carbocycles. The molecule has 0 aliphatic heterocycles. The Kier molecular flexibility index (Phi) is 5.65. The first kappa shape index (κ1) is 19.2. The van der Waals surface area contributed by atoms with Crippen molar-refractivity contribution in [3.63, 3.8) is 0 Å². The smallest absolute Gasteiger partial charge is 0.278 e. The third kappa shape index (κ3) is 4.21. The number of nitrogens with zero attached hydrogens (tertiary/aromatic N) is 2. The number of anilines is 1. The molecule has 0 aliphatic rings. The van der Waals surface area contributed by atoms with Gasteiger partial charge in [0.15, 0.2) is 5.16 Å². The van der Waals surface area contributed by atoms with Gasteiger partial charge in [0.1, 0.15) is 11.3 Å². The Morgan fingerprint density at radius 3 is 2.89 bits per heavy atom. The molecule has 0 saturated heterocycles. The zero-order valence-electron chi connectivity index (χ0n) is 15.4. The first-order chi connectivity index (χ1) is 12.9. The van der Waals surface area contributed by atoms with E-state index in [1.807, 2.05) is 26.8 Å². The Morgan fingerprint density at radius 2 is 2.19 bits per heavy atom. The Hall–Kier alpha value is -2.61. The number of fused-ring (bicyclic) bond motifs is 1. The van der Waals surface area contributed by atoms with Crippen molar-refractivity contribution >= 4 is 34.4 Å². The van der Waals surface area contributed by atoms with Gasteiger partial charge in [0.2, 0.25) is 5.91 Å². The van der Waals surface area contributed by atoms with Gasteiger partial charge < -0.3 is 10.3 Å². The van der Waals surface area contributed by atoms with Crippen molar-refractivity contribution in [1.29, 1.82) is 0 Å². The predicted octanol–water partition coefficient (Wildman–Crippen LogP) is 3.87. The Labute approximate surface area is 160 Å². The lowest BCUT2D eigenvalue weighted by atomic mass is 10.2. The van der Waals surface area contributed by atoms with Gasteiger partial charge in [-0.05, 0) is 44.5 Å². The van der Waals surface area contributed by atoms with Gasteiger partial charge in [-0.15, -0.1) is 0 Å². The number of nitrogens with one attached hydrogen (secondary N) is 2. The summed E-state index contributed by atoms with van der Waals surface area (Å²) in [5, 5.41) is 3.15. The second-order valence-corrected chi connectivity index (χ2v) is 7.33. The summed E-state index contributed by atoms with van der Waals surface area (Å²) in [5.74, 6) is -0.643. The molecule has 142 valence electrons. The van der Waals surface area contributed by atoms with Crippen molar-refractivity contribution in [2.45, 2.75) is 38.4 Å². The van der Waals surface area contributed by atoms with Crippen molar-refractivity contribution in [2.75, 3.05) is 11.1 Å². The zero-order chi connectivity index (χ0) is 19.6. The first-order valence-corrected chi connectivity index (χ1v) is 9.67. The van der Waals surface area contributed by atoms with E-state index in [-0.39, 0.29) is 23.3 Å². The molecule has 0 aliphatic carbocycles. The average molecular weight is 388 g/mol. The summed E-state index contributed by atoms with van der Waals surface area (Å²) in [7, 11) is 0. The van der Waals surface area contributed by atoms with Crippen molar-refractivity contribution in [3.05, 3.63) is 52.2 Å². The number of benzene rings is 1. The van der Waals surface area contributed by atoms with Crippen molar-refractivity contribution in [1.82, 2.24) is 14.5 Å². The van der Waals surface area contributed by atoms with Crippen LogP contribution in [0.15, 0.2) is 40.3 Å². The number of halogens is 1. The zero-order valence-corrected chi connectivity index (χ0v) is 16.2. The van der Waals surface area contributed by atoms with E-state index in [9.17, 15) is 14.0 Å². The minimum atomic E-state index is -0.416. The highest BCUT2D eigenvalue weighted by atomic mass is 32.2. The van der Waals surface area contributed by atoms with Gasteiger partial charge in [-0.25, -0.2) is 9.37 Å². The summed E-state index contributed by atoms with van der Waals surface area (Å²) in [6.45, 7) is 5.81. The Balaban J connectivity index is 1.85. The number of hydrogen-bond acceptors (Lipinski definition) is 4. The van der Waals surface area contributed by atoms with Gasteiger partial charge in [0.05, 0.1) is 11.3 Å². The summed E-state index contributed by atoms with van der Waals surface area (Å²) in [4.78, 5) is 32.7. The minimum absolute atomic E-state index is 0.0493. The van der Waals surface area contributed by atoms with Gasteiger partial charge in [0, 0.05) is 17.4 Å². The van der Waals surface area contributed by atoms with E-state index in [0.29, 0.717) is 21.9 Å². The van der Waals surface area contributed by atoms with Crippen molar-refractivity contribution in [2.24, 2.45) is 0 Å². The number of carbonyl (C=O) groups is 1. The fraction of sp³-hybridized carbons (Fsp3) is 0.316. The lowest BCUT2D eigenvalue weighted by molar-refractivity contribution is -0.113. The summed E-state index contributed by atoms with van der Waals surface area (Å²) < 4.78 is 14.9. The molecule has 27 heavy (non-hydrogen) atoms. The van der Waals surface area contributed by atoms with Crippen LogP contribution in [0.5, 0.6) is 0 Å².